The Labute approximate surface area is 536 Å². The smallest absolute Gasteiger partial charge is 0.246 e. The summed E-state index contributed by atoms with van der Waals surface area (Å²) in [7, 11) is 0. The zero-order chi connectivity index (χ0) is 69.2. The van der Waals surface area contributed by atoms with Gasteiger partial charge in [-0.3, -0.25) is 47.9 Å². The van der Waals surface area contributed by atoms with Crippen LogP contribution in [0.25, 0.3) is 0 Å². The topological polar surface area (TPSA) is 387 Å². The summed E-state index contributed by atoms with van der Waals surface area (Å²) in [5.41, 5.74) is -2.44. The first kappa shape index (κ1) is 80.6. The molecule has 2 aliphatic heterocycles. The number of hydrogen-bond donors (Lipinski definition) is 12. The van der Waals surface area contributed by atoms with Gasteiger partial charge < -0.3 is 84.1 Å². The number of hydrogen-bond acceptors (Lipinski definition) is 15. The van der Waals surface area contributed by atoms with Gasteiger partial charge in [-0.05, 0) is 138 Å². The van der Waals surface area contributed by atoms with Gasteiger partial charge in [0.1, 0.15) is 34.7 Å². The fourth-order valence-electron chi connectivity index (χ4n) is 13.3. The standard InChI is InChI=1S/C64H118N13O13/c1-20-22-23-24-25-26-27-77(90)60(14,15)38-63(65,39-61(77,16)17)56(87)68-33-49(81)72-46(30-42(7)8)53(84)75-64(36-58(10,11)76(89)59(12,13)37-64)57(88)69-31-47(79)66-32-48(80)71-45(29-41(5)6)52(83)74-62(18,19)55(86)67-34-50(82)73-51(43(9)21-2)54(85)70-44(35-78)28-40(3)4/h40-46,51,78H,20-39,65H2,1-19H3,(H,66,79)(H,67,86)(H,68,87)(H,69,88)(H,70,85)(H,71,80)(H,72,81)(H,73,82)(H,74,83)(H,75,84)/q-1/t43-,44-,45-,46-,51-,63?,77?/m0/s1. The van der Waals surface area contributed by atoms with Gasteiger partial charge in [-0.1, -0.05) is 94.4 Å². The Kier molecular flexibility index (Phi) is 30.3. The van der Waals surface area contributed by atoms with Crippen LogP contribution in [0.4, 0.5) is 0 Å². The van der Waals surface area contributed by atoms with E-state index in [1.807, 2.05) is 76.2 Å². The number of unbranched alkanes of at least 4 members (excludes halogenated alkanes) is 5. The molecular weight excluding hydrogens is 1160 g/mol. The lowest BCUT2D eigenvalue weighted by Gasteiger charge is -2.68. The van der Waals surface area contributed by atoms with Crippen LogP contribution in [0.2, 0.25) is 0 Å². The lowest BCUT2D eigenvalue weighted by molar-refractivity contribution is -0.979. The van der Waals surface area contributed by atoms with E-state index in [-0.39, 0.29) is 68.8 Å². The number of rotatable bonds is 36. The average molecular weight is 1280 g/mol. The second kappa shape index (κ2) is 33.9. The predicted molar refractivity (Wildman–Crippen MR) is 347 cm³/mol. The summed E-state index contributed by atoms with van der Waals surface area (Å²) in [6, 6.07) is -3.89. The van der Waals surface area contributed by atoms with Crippen LogP contribution in [-0.2, 0) is 47.9 Å². The van der Waals surface area contributed by atoms with Crippen molar-refractivity contribution in [3.05, 3.63) is 10.4 Å². The van der Waals surface area contributed by atoms with Gasteiger partial charge in [-0.2, -0.15) is 0 Å². The van der Waals surface area contributed by atoms with Crippen molar-refractivity contribution >= 4 is 59.1 Å². The summed E-state index contributed by atoms with van der Waals surface area (Å²) in [5, 5.41) is 65.5. The van der Waals surface area contributed by atoms with Crippen molar-refractivity contribution in [1.29, 1.82) is 0 Å². The molecule has 10 amide bonds. The van der Waals surface area contributed by atoms with Crippen LogP contribution in [0.3, 0.4) is 0 Å². The van der Waals surface area contributed by atoms with E-state index in [1.165, 1.54) is 13.8 Å². The third-order valence-electron chi connectivity index (χ3n) is 17.6. The number of aliphatic hydroxyl groups is 1. The molecule has 2 aliphatic rings. The van der Waals surface area contributed by atoms with Gasteiger partial charge in [0, 0.05) is 23.9 Å². The van der Waals surface area contributed by atoms with E-state index in [0.717, 1.165) is 43.6 Å². The van der Waals surface area contributed by atoms with E-state index in [1.54, 1.807) is 34.6 Å². The summed E-state index contributed by atoms with van der Waals surface area (Å²) >= 11 is 0. The van der Waals surface area contributed by atoms with Crippen LogP contribution in [0, 0.1) is 34.1 Å². The normalized spacial score (nSPS) is 21.7. The molecule has 0 aromatic heterocycles. The molecule has 2 fully saturated rings. The van der Waals surface area contributed by atoms with Crippen molar-refractivity contribution in [1.82, 2.24) is 58.2 Å². The number of aliphatic hydroxyl groups excluding tert-OH is 1. The van der Waals surface area contributed by atoms with Crippen molar-refractivity contribution in [2.75, 3.05) is 39.3 Å². The third kappa shape index (κ3) is 23.2. The summed E-state index contributed by atoms with van der Waals surface area (Å²) in [6.45, 7) is 31.3. The molecule has 0 aromatic rings. The first-order chi connectivity index (χ1) is 41.3. The Morgan fingerprint density at radius 3 is 1.50 bits per heavy atom. The fraction of sp³-hybridized carbons (Fsp3) is 0.844. The molecule has 90 heavy (non-hydrogen) atoms. The van der Waals surface area contributed by atoms with Gasteiger partial charge >= 0.3 is 0 Å². The van der Waals surface area contributed by atoms with Crippen LogP contribution in [0.5, 0.6) is 0 Å². The number of quaternary nitrogens is 1. The van der Waals surface area contributed by atoms with Crippen molar-refractivity contribution < 1.29 is 57.7 Å². The molecule has 2 saturated heterocycles. The van der Waals surface area contributed by atoms with E-state index in [0.29, 0.717) is 19.4 Å². The molecule has 13 N–H and O–H groups in total. The predicted octanol–water partition coefficient (Wildman–Crippen LogP) is 3.19. The number of hydroxylamine groups is 5. The van der Waals surface area contributed by atoms with E-state index in [4.69, 9.17) is 5.73 Å². The van der Waals surface area contributed by atoms with Gasteiger partial charge in [0.25, 0.3) is 0 Å². The molecule has 518 valence electrons. The highest BCUT2D eigenvalue weighted by Gasteiger charge is 2.60. The number of nitrogens with two attached hydrogens (primary N) is 1. The van der Waals surface area contributed by atoms with Gasteiger partial charge in [-0.25, -0.2) is 0 Å². The Morgan fingerprint density at radius 2 is 1.01 bits per heavy atom. The maximum Gasteiger partial charge on any atom is 0.246 e. The average Bonchev–Trinajstić information content (AvgIpc) is 0.728. The molecule has 2 rings (SSSR count). The van der Waals surface area contributed by atoms with Crippen LogP contribution >= 0.6 is 0 Å². The zero-order valence-corrected chi connectivity index (χ0v) is 58.1. The third-order valence-corrected chi connectivity index (χ3v) is 17.6. The lowest BCUT2D eigenvalue weighted by atomic mass is 9.68. The summed E-state index contributed by atoms with van der Waals surface area (Å²) in [6.07, 6.45) is 7.09. The minimum Gasteiger partial charge on any atom is -0.784 e. The number of nitrogens with zero attached hydrogens (tertiary/aromatic N) is 2. The lowest BCUT2D eigenvalue weighted by Crippen LogP contribution is -2.78. The molecule has 5 atom stereocenters. The van der Waals surface area contributed by atoms with Gasteiger partial charge in [0.15, 0.2) is 0 Å². The van der Waals surface area contributed by atoms with Gasteiger partial charge in [-0.15, -0.1) is 0 Å². The molecule has 0 bridgehead atoms. The van der Waals surface area contributed by atoms with Crippen molar-refractivity contribution in [2.24, 2.45) is 29.4 Å². The van der Waals surface area contributed by atoms with E-state index in [9.17, 15) is 63.5 Å². The molecular formula is C64H118N13O13-. The number of likely N-dealkylation sites (tertiary alicyclic amines) is 1. The molecule has 0 aliphatic carbocycles. The second-order valence-corrected chi connectivity index (χ2v) is 30.1. The fourth-order valence-corrected chi connectivity index (χ4v) is 13.3. The van der Waals surface area contributed by atoms with Gasteiger partial charge in [0.05, 0.1) is 56.5 Å². The van der Waals surface area contributed by atoms with Crippen LogP contribution in [0.15, 0.2) is 0 Å². The minimum absolute atomic E-state index is 0.0669. The summed E-state index contributed by atoms with van der Waals surface area (Å²) in [5.74, 6) is -7.55. The molecule has 0 unspecified atom stereocenters. The largest absolute Gasteiger partial charge is 0.784 e. The minimum atomic E-state index is -1.82. The Balaban J connectivity index is 2.18. The first-order valence-electron chi connectivity index (χ1n) is 32.7. The molecule has 0 spiro atoms. The molecule has 26 heteroatoms. The van der Waals surface area contributed by atoms with E-state index >= 15 is 0 Å². The molecule has 0 saturated carbocycles. The number of piperidine rings is 2. The molecule has 26 nitrogen and oxygen atoms in total. The second-order valence-electron chi connectivity index (χ2n) is 30.1. The van der Waals surface area contributed by atoms with E-state index < -0.39 is 153 Å². The van der Waals surface area contributed by atoms with Crippen LogP contribution in [-0.4, -0.2) is 176 Å². The summed E-state index contributed by atoms with van der Waals surface area (Å²) in [4.78, 5) is 137. The number of amides is 10. The molecule has 2 heterocycles. The van der Waals surface area contributed by atoms with Crippen LogP contribution in [0.1, 0.15) is 221 Å². The first-order valence-corrected chi connectivity index (χ1v) is 32.7. The van der Waals surface area contributed by atoms with Gasteiger partial charge in [0.2, 0.25) is 59.1 Å². The maximum atomic E-state index is 14.7. The number of carbonyl (C=O) groups excluding carboxylic acids is 10. The Hall–Kier alpha value is -5.54. The Bertz CT molecular complexity index is 2430. The monoisotopic (exact) mass is 1280 g/mol. The van der Waals surface area contributed by atoms with Crippen molar-refractivity contribution in [3.63, 3.8) is 0 Å². The summed E-state index contributed by atoms with van der Waals surface area (Å²) < 4.78 is -0.514. The van der Waals surface area contributed by atoms with Crippen molar-refractivity contribution in [3.8, 4) is 0 Å². The Morgan fingerprint density at radius 1 is 0.567 bits per heavy atom. The number of carbonyl (C=O) groups is 10. The number of nitrogens with one attached hydrogen (secondary N) is 10. The zero-order valence-electron chi connectivity index (χ0n) is 58.1. The highest BCUT2D eigenvalue weighted by Crippen LogP contribution is 2.49. The van der Waals surface area contributed by atoms with Crippen LogP contribution < -0.4 is 58.9 Å². The van der Waals surface area contributed by atoms with E-state index in [2.05, 4.69) is 60.1 Å². The quantitative estimate of drug-likeness (QED) is 0.0244. The maximum absolute atomic E-state index is 14.7. The highest BCUT2D eigenvalue weighted by molar-refractivity contribution is 5.99. The molecule has 0 radical (unpaired) electrons. The highest BCUT2D eigenvalue weighted by atomic mass is 16.6. The molecule has 0 aromatic carbocycles. The van der Waals surface area contributed by atoms with Crippen molar-refractivity contribution in [2.45, 2.75) is 284 Å². The SMILES string of the molecule is CCCCCCCC[N+]1([O-])C(C)(C)CC(N)(C(=O)NCC(=O)N[C@@H](CC(C)C)C(=O)NC2(C(=O)NCC(=O)NCC(=O)N[C@@H](CC(C)C)C(=O)NC(C)(C)C(=O)NCC(=O)N[C@H](C(=O)N[C@H](CO)CC(C)C)[C@@H](C)CC)CC(C)(C)N([O-])C(C)(C)C2)CC1(C)C.